The smallest absolute Gasteiger partial charge is 0.334 e. The van der Waals surface area contributed by atoms with E-state index in [4.69, 9.17) is 0 Å². The van der Waals surface area contributed by atoms with Gasteiger partial charge in [-0.05, 0) is 23.8 Å². The van der Waals surface area contributed by atoms with Crippen LogP contribution in [0.5, 0.6) is 0 Å². The second-order valence-electron chi connectivity index (χ2n) is 5.52. The average molecular weight is 315 g/mol. The third-order valence-electron chi connectivity index (χ3n) is 2.47. The van der Waals surface area contributed by atoms with Crippen LogP contribution in [-0.4, -0.2) is 8.24 Å². The standard InChI is InChI=1S/C12H15F6NSi/c1-20(2,3)19-7-8-4-9(11(13,14)15)6-10(5-8)12(16,17)18/h4-6,19H,7H2,1-3H3. The lowest BCUT2D eigenvalue weighted by Crippen LogP contribution is -2.40. The molecule has 0 spiro atoms. The fraction of sp³-hybridized carbons (Fsp3) is 0.500. The number of rotatable bonds is 3. The second-order valence-corrected chi connectivity index (χ2v) is 10.4. The van der Waals surface area contributed by atoms with E-state index in [-0.39, 0.29) is 18.2 Å². The van der Waals surface area contributed by atoms with Crippen molar-refractivity contribution in [2.24, 2.45) is 0 Å². The highest BCUT2D eigenvalue weighted by Crippen LogP contribution is 2.36. The molecule has 1 N–H and O–H groups in total. The molecule has 0 fully saturated rings. The van der Waals surface area contributed by atoms with Crippen molar-refractivity contribution >= 4 is 8.24 Å². The second kappa shape index (κ2) is 5.40. The Morgan fingerprint density at radius 2 is 1.25 bits per heavy atom. The van der Waals surface area contributed by atoms with Crippen LogP contribution in [0.4, 0.5) is 26.3 Å². The molecule has 0 aliphatic heterocycles. The first kappa shape index (κ1) is 17.0. The van der Waals surface area contributed by atoms with Crippen molar-refractivity contribution in [1.82, 2.24) is 4.98 Å². The van der Waals surface area contributed by atoms with Crippen molar-refractivity contribution in [2.45, 2.75) is 38.5 Å². The van der Waals surface area contributed by atoms with E-state index < -0.39 is 31.7 Å². The first-order chi connectivity index (χ1) is 8.79. The van der Waals surface area contributed by atoms with Crippen molar-refractivity contribution < 1.29 is 26.3 Å². The normalized spacial score (nSPS) is 13.7. The Labute approximate surface area is 114 Å². The van der Waals surface area contributed by atoms with Crippen LogP contribution in [0.25, 0.3) is 0 Å². The number of nitrogens with one attached hydrogen (secondary N) is 1. The molecule has 1 aromatic carbocycles. The minimum atomic E-state index is -4.80. The molecule has 1 nitrogen and oxygen atoms in total. The Bertz CT molecular complexity index is 440. The van der Waals surface area contributed by atoms with Crippen molar-refractivity contribution in [3.8, 4) is 0 Å². The third kappa shape index (κ3) is 5.16. The Balaban J connectivity index is 3.18. The molecule has 0 aliphatic rings. The number of alkyl halides is 6. The number of benzene rings is 1. The molecule has 114 valence electrons. The summed E-state index contributed by atoms with van der Waals surface area (Å²) in [5.41, 5.74) is -2.58. The summed E-state index contributed by atoms with van der Waals surface area (Å²) in [5, 5.41) is 0. The molecule has 0 unspecified atom stereocenters. The number of halogens is 6. The van der Waals surface area contributed by atoms with Crippen molar-refractivity contribution in [3.05, 3.63) is 34.9 Å². The van der Waals surface area contributed by atoms with Crippen molar-refractivity contribution in [2.75, 3.05) is 0 Å². The van der Waals surface area contributed by atoms with Gasteiger partial charge in [-0.2, -0.15) is 26.3 Å². The maximum atomic E-state index is 12.6. The fourth-order valence-electron chi connectivity index (χ4n) is 1.49. The van der Waals surface area contributed by atoms with Gasteiger partial charge in [0.2, 0.25) is 0 Å². The zero-order chi connectivity index (χ0) is 15.8. The van der Waals surface area contributed by atoms with Crippen LogP contribution in [0.2, 0.25) is 19.6 Å². The van der Waals surface area contributed by atoms with Crippen LogP contribution in [0, 0.1) is 0 Å². The first-order valence-corrected chi connectivity index (χ1v) is 9.32. The molecular formula is C12H15F6NSi. The van der Waals surface area contributed by atoms with Crippen LogP contribution in [-0.2, 0) is 18.9 Å². The van der Waals surface area contributed by atoms with Gasteiger partial charge in [0, 0.05) is 6.54 Å². The summed E-state index contributed by atoms with van der Waals surface area (Å²) >= 11 is 0. The quantitative estimate of drug-likeness (QED) is 0.632. The molecule has 0 bridgehead atoms. The summed E-state index contributed by atoms with van der Waals surface area (Å²) in [6, 6.07) is 1.64. The number of hydrogen-bond donors (Lipinski definition) is 1. The van der Waals surface area contributed by atoms with Crippen LogP contribution in [0.3, 0.4) is 0 Å². The number of hydrogen-bond acceptors (Lipinski definition) is 1. The van der Waals surface area contributed by atoms with Gasteiger partial charge in [0.05, 0.1) is 11.1 Å². The van der Waals surface area contributed by atoms with E-state index in [1.54, 1.807) is 0 Å². The highest BCUT2D eigenvalue weighted by molar-refractivity contribution is 6.73. The summed E-state index contributed by atoms with van der Waals surface area (Å²) in [5.74, 6) is 0. The minimum Gasteiger partial charge on any atom is -0.334 e. The van der Waals surface area contributed by atoms with Crippen LogP contribution in [0.1, 0.15) is 16.7 Å². The van der Waals surface area contributed by atoms with Crippen molar-refractivity contribution in [3.63, 3.8) is 0 Å². The van der Waals surface area contributed by atoms with Crippen LogP contribution in [0.15, 0.2) is 18.2 Å². The molecule has 1 rings (SSSR count). The van der Waals surface area contributed by atoms with Crippen LogP contribution < -0.4 is 4.98 Å². The predicted molar refractivity (Wildman–Crippen MR) is 66.6 cm³/mol. The monoisotopic (exact) mass is 315 g/mol. The van der Waals surface area contributed by atoms with E-state index in [1.807, 2.05) is 19.6 Å². The lowest BCUT2D eigenvalue weighted by molar-refractivity contribution is -0.143. The molecule has 0 saturated heterocycles. The predicted octanol–water partition coefficient (Wildman–Crippen LogP) is 4.65. The highest BCUT2D eigenvalue weighted by Gasteiger charge is 2.36. The maximum absolute atomic E-state index is 12.6. The molecule has 0 aliphatic carbocycles. The van der Waals surface area contributed by atoms with Gasteiger partial charge in [0.25, 0.3) is 0 Å². The van der Waals surface area contributed by atoms with E-state index in [0.29, 0.717) is 0 Å². The van der Waals surface area contributed by atoms with Gasteiger partial charge in [-0.15, -0.1) is 0 Å². The Kier molecular flexibility index (Phi) is 4.60. The van der Waals surface area contributed by atoms with E-state index >= 15 is 0 Å². The van der Waals surface area contributed by atoms with Gasteiger partial charge < -0.3 is 4.98 Å². The molecular weight excluding hydrogens is 300 g/mol. The lowest BCUT2D eigenvalue weighted by atomic mass is 10.0. The summed E-state index contributed by atoms with van der Waals surface area (Å²) in [7, 11) is -1.78. The summed E-state index contributed by atoms with van der Waals surface area (Å²) < 4.78 is 75.8. The highest BCUT2D eigenvalue weighted by atomic mass is 28.3. The molecule has 20 heavy (non-hydrogen) atoms. The van der Waals surface area contributed by atoms with Crippen molar-refractivity contribution in [1.29, 1.82) is 0 Å². The summed E-state index contributed by atoms with van der Waals surface area (Å²) in [6.45, 7) is 5.71. The summed E-state index contributed by atoms with van der Waals surface area (Å²) in [6.07, 6.45) is -9.59. The summed E-state index contributed by atoms with van der Waals surface area (Å²) in [4.78, 5) is 3.00. The molecule has 0 radical (unpaired) electrons. The minimum absolute atomic E-state index is 0.0112. The van der Waals surface area contributed by atoms with Crippen LogP contribution >= 0.6 is 0 Å². The van der Waals surface area contributed by atoms with Gasteiger partial charge in [-0.1, -0.05) is 19.6 Å². The molecule has 1 aromatic rings. The van der Waals surface area contributed by atoms with Gasteiger partial charge in [0.15, 0.2) is 0 Å². The third-order valence-corrected chi connectivity index (χ3v) is 3.71. The van der Waals surface area contributed by atoms with Gasteiger partial charge in [-0.3, -0.25) is 0 Å². The fourth-order valence-corrected chi connectivity index (χ4v) is 2.22. The van der Waals surface area contributed by atoms with E-state index in [2.05, 4.69) is 4.98 Å². The molecule has 0 atom stereocenters. The lowest BCUT2D eigenvalue weighted by Gasteiger charge is -2.19. The van der Waals surface area contributed by atoms with Gasteiger partial charge in [-0.25, -0.2) is 0 Å². The maximum Gasteiger partial charge on any atom is 0.416 e. The van der Waals surface area contributed by atoms with Gasteiger partial charge >= 0.3 is 12.4 Å². The zero-order valence-electron chi connectivity index (χ0n) is 11.2. The van der Waals surface area contributed by atoms with Gasteiger partial charge in [0.1, 0.15) is 8.24 Å². The SMILES string of the molecule is C[Si](C)(C)NCc1cc(C(F)(F)F)cc(C(F)(F)F)c1. The Morgan fingerprint density at radius 3 is 1.55 bits per heavy atom. The molecule has 0 amide bonds. The first-order valence-electron chi connectivity index (χ1n) is 5.82. The van der Waals surface area contributed by atoms with E-state index in [0.717, 1.165) is 12.1 Å². The topological polar surface area (TPSA) is 12.0 Å². The molecule has 0 heterocycles. The molecule has 0 aromatic heterocycles. The molecule has 8 heteroatoms. The molecule has 0 saturated carbocycles. The Morgan fingerprint density at radius 1 is 0.850 bits per heavy atom. The largest absolute Gasteiger partial charge is 0.416 e. The van der Waals surface area contributed by atoms with E-state index in [1.165, 1.54) is 0 Å². The Hall–Kier alpha value is -1.02. The average Bonchev–Trinajstić information content (AvgIpc) is 2.22. The van der Waals surface area contributed by atoms with E-state index in [9.17, 15) is 26.3 Å². The zero-order valence-corrected chi connectivity index (χ0v) is 12.2.